The van der Waals surface area contributed by atoms with E-state index in [9.17, 15) is 9.18 Å². The largest absolute Gasteiger partial charge is 0.490 e. The van der Waals surface area contributed by atoms with Crippen LogP contribution in [0.25, 0.3) is 0 Å². The number of aromatic nitrogens is 2. The van der Waals surface area contributed by atoms with Gasteiger partial charge in [0.1, 0.15) is 0 Å². The van der Waals surface area contributed by atoms with E-state index in [4.69, 9.17) is 26.3 Å². The van der Waals surface area contributed by atoms with Gasteiger partial charge in [-0.05, 0) is 50.2 Å². The Labute approximate surface area is 138 Å². The molecular formula is C15H17FN2O3. The van der Waals surface area contributed by atoms with Crippen LogP contribution < -0.4 is 4.74 Å². The third-order valence-electron chi connectivity index (χ3n) is 2.34. The third-order valence-corrected chi connectivity index (χ3v) is 2.34. The molecule has 2 N–H and O–H groups in total. The van der Waals surface area contributed by atoms with E-state index in [0.717, 1.165) is 6.07 Å². The van der Waals surface area contributed by atoms with Crippen molar-refractivity contribution < 1.29 is 35.5 Å². The summed E-state index contributed by atoms with van der Waals surface area (Å²) in [4.78, 5) is 11.1. The van der Waals surface area contributed by atoms with Crippen LogP contribution in [0.2, 0.25) is 0 Å². The van der Waals surface area contributed by atoms with Crippen molar-refractivity contribution in [3.63, 3.8) is 0 Å². The van der Waals surface area contributed by atoms with Crippen molar-refractivity contribution in [2.24, 2.45) is 0 Å². The van der Waals surface area contributed by atoms with E-state index in [1.165, 1.54) is 0 Å². The Bertz CT molecular complexity index is 1030. The topological polar surface area (TPSA) is 75.2 Å². The molecule has 0 amide bonds. The van der Waals surface area contributed by atoms with E-state index in [2.05, 4.69) is 5.10 Å². The Balaban J connectivity index is 2.67. The Morgan fingerprint density at radius 3 is 3.14 bits per heavy atom. The van der Waals surface area contributed by atoms with Gasteiger partial charge < -0.3 is 9.84 Å². The second kappa shape index (κ2) is 6.39. The normalized spacial score (nSPS) is 22.3. The smallest absolute Gasteiger partial charge is 0.335 e. The predicted molar refractivity (Wildman–Crippen MR) is 75.2 cm³/mol. The van der Waals surface area contributed by atoms with Crippen LogP contribution in [0.3, 0.4) is 0 Å². The van der Waals surface area contributed by atoms with Crippen LogP contribution in [0.1, 0.15) is 50.1 Å². The number of hydrogen-bond donors (Lipinski definition) is 2. The summed E-state index contributed by atoms with van der Waals surface area (Å²) in [7, 11) is 0. The Morgan fingerprint density at radius 1 is 1.57 bits per heavy atom. The summed E-state index contributed by atoms with van der Waals surface area (Å²) in [5, 5.41) is 14.2. The number of carboxylic acids is 1. The van der Waals surface area contributed by atoms with Crippen molar-refractivity contribution in [1.29, 1.82) is 0 Å². The molecule has 0 aliphatic carbocycles. The number of halogens is 1. The molecule has 0 unspecified atom stereocenters. The number of rotatable bonds is 6. The quantitative estimate of drug-likeness (QED) is 0.860. The van der Waals surface area contributed by atoms with Crippen molar-refractivity contribution in [1.82, 2.24) is 10.2 Å². The fourth-order valence-electron chi connectivity index (χ4n) is 1.35. The molecule has 0 atom stereocenters. The van der Waals surface area contributed by atoms with Crippen LogP contribution in [-0.2, 0) is 6.37 Å². The van der Waals surface area contributed by atoms with Gasteiger partial charge in [0.25, 0.3) is 0 Å². The van der Waals surface area contributed by atoms with Gasteiger partial charge in [0, 0.05) is 19.4 Å². The summed E-state index contributed by atoms with van der Waals surface area (Å²) in [6.45, 7) is -10.2. The maximum absolute atomic E-state index is 14.1. The summed E-state index contributed by atoms with van der Waals surface area (Å²) in [5.41, 5.74) is -4.02. The number of nitrogens with one attached hydrogen (secondary N) is 1. The lowest BCUT2D eigenvalue weighted by Crippen LogP contribution is -2.04. The highest BCUT2D eigenvalue weighted by Gasteiger charge is 2.10. The van der Waals surface area contributed by atoms with E-state index in [1.54, 1.807) is 0 Å². The second-order valence-electron chi connectivity index (χ2n) is 3.73. The summed E-state index contributed by atoms with van der Waals surface area (Å²) >= 11 is 0. The molecular weight excluding hydrogens is 275 g/mol. The van der Waals surface area contributed by atoms with E-state index in [1.807, 2.05) is 5.10 Å². The van der Waals surface area contributed by atoms with Gasteiger partial charge in [-0.15, -0.1) is 0 Å². The van der Waals surface area contributed by atoms with Crippen LogP contribution in [0.15, 0.2) is 18.2 Å². The van der Waals surface area contributed by atoms with E-state index >= 15 is 0 Å². The first kappa shape index (κ1) is 5.79. The highest BCUT2D eigenvalue weighted by atomic mass is 19.1. The third kappa shape index (κ3) is 3.59. The molecule has 6 heteroatoms. The first-order chi connectivity index (χ1) is 14.6. The number of benzene rings is 1. The van der Waals surface area contributed by atoms with Crippen LogP contribution in [0.4, 0.5) is 4.39 Å². The molecule has 2 aromatic rings. The van der Waals surface area contributed by atoms with Crippen molar-refractivity contribution in [2.45, 2.75) is 26.4 Å². The lowest BCUT2D eigenvalue weighted by Gasteiger charge is -2.08. The number of H-pyrrole nitrogens is 1. The van der Waals surface area contributed by atoms with Crippen LogP contribution in [-0.4, -0.2) is 27.8 Å². The predicted octanol–water partition coefficient (Wildman–Crippen LogP) is 2.88. The van der Waals surface area contributed by atoms with Gasteiger partial charge in [0.05, 0.1) is 20.6 Å². The highest BCUT2D eigenvalue weighted by molar-refractivity contribution is 5.88. The number of carbonyl (C=O) groups is 1. The van der Waals surface area contributed by atoms with Crippen LogP contribution in [0, 0.1) is 19.5 Å². The van der Waals surface area contributed by atoms with Crippen molar-refractivity contribution in [3.05, 3.63) is 46.5 Å². The molecule has 112 valence electrons. The zero-order valence-corrected chi connectivity index (χ0v) is 10.3. The fourth-order valence-corrected chi connectivity index (χ4v) is 1.35. The molecule has 5 nitrogen and oxygen atoms in total. The van der Waals surface area contributed by atoms with Crippen molar-refractivity contribution >= 4 is 5.97 Å². The SMILES string of the molecule is [2H]C([2H])([2H])c1n[nH]c(C([2H])([2H])[2H])c1C([2H])([2H])C([2H])([2H])C([2H])([2H])Oc1cc(C(=O)O)ccc1F. The molecule has 0 fully saturated rings. The fraction of sp³-hybridized carbons (Fsp3) is 0.333. The van der Waals surface area contributed by atoms with E-state index < -0.39 is 73.1 Å². The molecule has 0 bridgehead atoms. The number of nitrogens with zero attached hydrogens (tertiary/aromatic N) is 1. The van der Waals surface area contributed by atoms with E-state index in [0.29, 0.717) is 12.1 Å². The molecule has 1 aromatic carbocycles. The van der Waals surface area contributed by atoms with Gasteiger partial charge in [-0.25, -0.2) is 9.18 Å². The average Bonchev–Trinajstić information content (AvgIpc) is 3.09. The Kier molecular flexibility index (Phi) is 1.76. The molecule has 0 aliphatic heterocycles. The first-order valence-corrected chi connectivity index (χ1v) is 5.46. The molecule has 0 aliphatic rings. The number of aromatic amines is 1. The monoisotopic (exact) mass is 304 g/mol. The van der Waals surface area contributed by atoms with Gasteiger partial charge in [0.15, 0.2) is 11.6 Å². The lowest BCUT2D eigenvalue weighted by molar-refractivity contribution is 0.0696. The number of aromatic carboxylic acids is 1. The molecule has 0 saturated carbocycles. The zero-order valence-electron chi connectivity index (χ0n) is 22.3. The van der Waals surface area contributed by atoms with Gasteiger partial charge in [-0.2, -0.15) is 5.10 Å². The average molecular weight is 304 g/mol. The summed E-state index contributed by atoms with van der Waals surface area (Å²) in [5.74, 6) is -3.91. The van der Waals surface area contributed by atoms with Gasteiger partial charge >= 0.3 is 5.97 Å². The van der Waals surface area contributed by atoms with Gasteiger partial charge in [-0.1, -0.05) is 0 Å². The Hall–Kier alpha value is -2.37. The van der Waals surface area contributed by atoms with Gasteiger partial charge in [-0.3, -0.25) is 5.10 Å². The molecule has 21 heavy (non-hydrogen) atoms. The lowest BCUT2D eigenvalue weighted by atomic mass is 10.1. The van der Waals surface area contributed by atoms with Crippen molar-refractivity contribution in [2.75, 3.05) is 6.56 Å². The Morgan fingerprint density at radius 2 is 2.43 bits per heavy atom. The van der Waals surface area contributed by atoms with Crippen LogP contribution >= 0.6 is 0 Å². The number of ether oxygens (including phenoxy) is 1. The summed E-state index contributed by atoms with van der Waals surface area (Å²) < 4.78 is 112. The molecule has 0 saturated heterocycles. The van der Waals surface area contributed by atoms with Gasteiger partial charge in [0.2, 0.25) is 0 Å². The molecule has 0 radical (unpaired) electrons. The summed E-state index contributed by atoms with van der Waals surface area (Å²) in [6.07, 6.45) is -7.58. The molecule has 1 heterocycles. The number of aryl methyl sites for hydroxylation is 2. The minimum absolute atomic E-state index is 0.542. The van der Waals surface area contributed by atoms with Crippen LogP contribution in [0.5, 0.6) is 5.75 Å². The summed E-state index contributed by atoms with van der Waals surface area (Å²) in [6, 6.07) is 1.97. The van der Waals surface area contributed by atoms with Crippen molar-refractivity contribution in [3.8, 4) is 5.75 Å². The second-order valence-corrected chi connectivity index (χ2v) is 3.73. The molecule has 2 rings (SSSR count). The highest BCUT2D eigenvalue weighted by Crippen LogP contribution is 2.19. The maximum Gasteiger partial charge on any atom is 0.335 e. The van der Waals surface area contributed by atoms with E-state index in [-0.39, 0.29) is 0 Å². The number of carboxylic acid groups (broad SMARTS) is 1. The minimum atomic E-state index is -3.87. The minimum Gasteiger partial charge on any atom is -0.490 e. The molecule has 1 aromatic heterocycles. The standard InChI is InChI=1S/C15H17FN2O3/c1-9-12(10(2)18-17-9)4-3-7-21-14-8-11(15(19)20)5-6-13(14)16/h5-6,8H,3-4,7H2,1-2H3,(H,17,18)(H,19,20)/i1D3,2D3,3D2,4D2,7D2. The number of hydrogen-bond acceptors (Lipinski definition) is 3. The maximum atomic E-state index is 14.1. The zero-order chi connectivity index (χ0) is 25.8. The first-order valence-electron chi connectivity index (χ1n) is 11.5. The molecule has 0 spiro atoms.